The molecule has 0 unspecified atom stereocenters. The van der Waals surface area contributed by atoms with Crippen LogP contribution in [0.15, 0.2) is 0 Å². The van der Waals surface area contributed by atoms with Crippen LogP contribution in [0.2, 0.25) is 0 Å². The highest BCUT2D eigenvalue weighted by molar-refractivity contribution is 5.72. The third-order valence-corrected chi connectivity index (χ3v) is 2.35. The zero-order valence-corrected chi connectivity index (χ0v) is 9.26. The molecule has 0 aromatic carbocycles. The van der Waals surface area contributed by atoms with E-state index >= 15 is 0 Å². The first-order valence-electron chi connectivity index (χ1n) is 4.80. The topological polar surface area (TPSA) is 38.3 Å². The zero-order valence-electron chi connectivity index (χ0n) is 9.26. The van der Waals surface area contributed by atoms with Gasteiger partial charge in [-0.25, -0.2) is 0 Å². The summed E-state index contributed by atoms with van der Waals surface area (Å²) < 4.78 is 4.63. The Kier molecular flexibility index (Phi) is 5.71. The lowest BCUT2D eigenvalue weighted by atomic mass is 10.1. The molecule has 2 atom stereocenters. The van der Waals surface area contributed by atoms with E-state index in [-0.39, 0.29) is 11.9 Å². The Balaban J connectivity index is 3.69. The highest BCUT2D eigenvalue weighted by atomic mass is 16.5. The van der Waals surface area contributed by atoms with Crippen LogP contribution in [-0.4, -0.2) is 25.7 Å². The van der Waals surface area contributed by atoms with Crippen molar-refractivity contribution in [1.29, 1.82) is 0 Å². The van der Waals surface area contributed by atoms with Crippen molar-refractivity contribution in [3.8, 4) is 0 Å². The van der Waals surface area contributed by atoms with Crippen LogP contribution < -0.4 is 5.32 Å². The molecule has 3 heteroatoms. The lowest BCUT2D eigenvalue weighted by Gasteiger charge is -2.19. The Morgan fingerprint density at radius 3 is 2.23 bits per heavy atom. The molecular weight excluding hydrogens is 166 g/mol. The molecule has 0 saturated heterocycles. The third kappa shape index (κ3) is 4.88. The van der Waals surface area contributed by atoms with E-state index in [1.54, 1.807) is 0 Å². The van der Waals surface area contributed by atoms with Crippen LogP contribution in [0.3, 0.4) is 0 Å². The molecule has 13 heavy (non-hydrogen) atoms. The summed E-state index contributed by atoms with van der Waals surface area (Å²) in [5.41, 5.74) is 0. The molecule has 0 heterocycles. The van der Waals surface area contributed by atoms with Crippen molar-refractivity contribution in [2.45, 2.75) is 33.7 Å². The van der Waals surface area contributed by atoms with Crippen molar-refractivity contribution in [3.05, 3.63) is 0 Å². The number of carbonyl (C=O) groups is 1. The number of hydrogen-bond donors (Lipinski definition) is 1. The number of carbonyl (C=O) groups excluding carboxylic acids is 1. The lowest BCUT2D eigenvalue weighted by molar-refractivity contribution is -0.144. The van der Waals surface area contributed by atoms with Crippen LogP contribution in [0.25, 0.3) is 0 Å². The van der Waals surface area contributed by atoms with Gasteiger partial charge in [0.05, 0.1) is 13.0 Å². The second-order valence-electron chi connectivity index (χ2n) is 3.87. The van der Waals surface area contributed by atoms with Crippen LogP contribution in [0.4, 0.5) is 0 Å². The highest BCUT2D eigenvalue weighted by Gasteiger charge is 2.14. The lowest BCUT2D eigenvalue weighted by Crippen LogP contribution is -2.36. The molecule has 0 aromatic heterocycles. The smallest absolute Gasteiger partial charge is 0.309 e. The fourth-order valence-corrected chi connectivity index (χ4v) is 0.883. The number of esters is 1. The van der Waals surface area contributed by atoms with Gasteiger partial charge in [0.2, 0.25) is 0 Å². The van der Waals surface area contributed by atoms with E-state index in [0.29, 0.717) is 18.5 Å². The Bertz CT molecular complexity index is 157. The Labute approximate surface area is 80.8 Å². The van der Waals surface area contributed by atoms with E-state index in [1.165, 1.54) is 7.11 Å². The van der Waals surface area contributed by atoms with Crippen molar-refractivity contribution in [2.24, 2.45) is 11.8 Å². The molecule has 1 N–H and O–H groups in total. The predicted octanol–water partition coefficient (Wildman–Crippen LogP) is 1.43. The molecule has 0 bridgehead atoms. The van der Waals surface area contributed by atoms with Gasteiger partial charge < -0.3 is 10.1 Å². The van der Waals surface area contributed by atoms with Crippen LogP contribution >= 0.6 is 0 Å². The average molecular weight is 187 g/mol. The predicted molar refractivity (Wildman–Crippen MR) is 53.5 cm³/mol. The molecule has 0 aliphatic rings. The summed E-state index contributed by atoms with van der Waals surface area (Å²) >= 11 is 0. The quantitative estimate of drug-likeness (QED) is 0.662. The van der Waals surface area contributed by atoms with Gasteiger partial charge in [0, 0.05) is 12.6 Å². The van der Waals surface area contributed by atoms with Crippen molar-refractivity contribution in [1.82, 2.24) is 5.32 Å². The van der Waals surface area contributed by atoms with E-state index in [0.717, 1.165) is 0 Å². The molecule has 0 amide bonds. The third-order valence-electron chi connectivity index (χ3n) is 2.35. The van der Waals surface area contributed by atoms with Crippen LogP contribution in [0.5, 0.6) is 0 Å². The summed E-state index contributed by atoms with van der Waals surface area (Å²) in [6.45, 7) is 8.98. The van der Waals surface area contributed by atoms with Gasteiger partial charge in [0.15, 0.2) is 0 Å². The minimum absolute atomic E-state index is 0.0637. The second kappa shape index (κ2) is 5.97. The molecule has 0 aliphatic heterocycles. The SMILES string of the molecule is COC(=O)[C@@H](C)CN[C@@H](C)C(C)C. The summed E-state index contributed by atoms with van der Waals surface area (Å²) in [4.78, 5) is 11.0. The molecule has 0 fully saturated rings. The summed E-state index contributed by atoms with van der Waals surface area (Å²) in [5, 5.41) is 3.30. The minimum Gasteiger partial charge on any atom is -0.469 e. The molecule has 78 valence electrons. The van der Waals surface area contributed by atoms with Gasteiger partial charge in [-0.1, -0.05) is 20.8 Å². The van der Waals surface area contributed by atoms with Gasteiger partial charge in [0.1, 0.15) is 0 Å². The first-order chi connectivity index (χ1) is 5.99. The maximum atomic E-state index is 11.0. The number of nitrogens with one attached hydrogen (secondary N) is 1. The first kappa shape index (κ1) is 12.4. The van der Waals surface area contributed by atoms with Crippen LogP contribution in [-0.2, 0) is 9.53 Å². The molecule has 0 rings (SSSR count). The highest BCUT2D eigenvalue weighted by Crippen LogP contribution is 2.02. The van der Waals surface area contributed by atoms with E-state index in [2.05, 4.69) is 30.8 Å². The van der Waals surface area contributed by atoms with E-state index < -0.39 is 0 Å². The maximum Gasteiger partial charge on any atom is 0.309 e. The molecular formula is C10H21NO2. The number of hydrogen-bond acceptors (Lipinski definition) is 3. The second-order valence-corrected chi connectivity index (χ2v) is 3.87. The maximum absolute atomic E-state index is 11.0. The number of rotatable bonds is 5. The fraction of sp³-hybridized carbons (Fsp3) is 0.900. The normalized spacial score (nSPS) is 15.5. The summed E-state index contributed by atoms with van der Waals surface area (Å²) in [7, 11) is 1.42. The van der Waals surface area contributed by atoms with Crippen molar-refractivity contribution >= 4 is 5.97 Å². The van der Waals surface area contributed by atoms with Crippen molar-refractivity contribution < 1.29 is 9.53 Å². The van der Waals surface area contributed by atoms with Gasteiger partial charge in [-0.2, -0.15) is 0 Å². The molecule has 0 saturated carbocycles. The number of methoxy groups -OCH3 is 1. The van der Waals surface area contributed by atoms with E-state index in [4.69, 9.17) is 0 Å². The largest absolute Gasteiger partial charge is 0.469 e. The Morgan fingerprint density at radius 2 is 1.85 bits per heavy atom. The van der Waals surface area contributed by atoms with Crippen molar-refractivity contribution in [3.63, 3.8) is 0 Å². The van der Waals surface area contributed by atoms with Gasteiger partial charge in [-0.3, -0.25) is 4.79 Å². The summed E-state index contributed by atoms with van der Waals surface area (Å²) in [5.74, 6) is 0.375. The van der Waals surface area contributed by atoms with Gasteiger partial charge in [-0.15, -0.1) is 0 Å². The zero-order chi connectivity index (χ0) is 10.4. The van der Waals surface area contributed by atoms with Gasteiger partial charge in [0.25, 0.3) is 0 Å². The van der Waals surface area contributed by atoms with E-state index in [1.807, 2.05) is 6.92 Å². The molecule has 0 spiro atoms. The summed E-state index contributed by atoms with van der Waals surface area (Å²) in [6, 6.07) is 0.437. The van der Waals surface area contributed by atoms with Crippen LogP contribution in [0, 0.1) is 11.8 Å². The molecule has 0 aromatic rings. The first-order valence-corrected chi connectivity index (χ1v) is 4.80. The average Bonchev–Trinajstić information content (AvgIpc) is 2.11. The summed E-state index contributed by atoms with van der Waals surface area (Å²) in [6.07, 6.45) is 0. The van der Waals surface area contributed by atoms with Crippen molar-refractivity contribution in [2.75, 3.05) is 13.7 Å². The Hall–Kier alpha value is -0.570. The minimum atomic E-state index is -0.150. The van der Waals surface area contributed by atoms with Crippen LogP contribution in [0.1, 0.15) is 27.7 Å². The molecule has 3 nitrogen and oxygen atoms in total. The van der Waals surface area contributed by atoms with Gasteiger partial charge >= 0.3 is 5.97 Å². The van der Waals surface area contributed by atoms with Gasteiger partial charge in [-0.05, 0) is 12.8 Å². The number of ether oxygens (including phenoxy) is 1. The monoisotopic (exact) mass is 187 g/mol. The van der Waals surface area contributed by atoms with E-state index in [9.17, 15) is 4.79 Å². The molecule has 0 radical (unpaired) electrons. The fourth-order valence-electron chi connectivity index (χ4n) is 0.883. The Morgan fingerprint density at radius 1 is 1.31 bits per heavy atom. The standard InChI is InChI=1S/C10H21NO2/c1-7(2)9(4)11-6-8(3)10(12)13-5/h7-9,11H,6H2,1-5H3/t8-,9-/m0/s1. The molecule has 0 aliphatic carbocycles.